The highest BCUT2D eigenvalue weighted by atomic mass is 79.9. The minimum Gasteiger partial charge on any atom is -0.396 e. The van der Waals surface area contributed by atoms with E-state index in [0.29, 0.717) is 0 Å². The number of nitrogens with two attached hydrogens (primary N) is 1. The van der Waals surface area contributed by atoms with Gasteiger partial charge in [0.25, 0.3) is 0 Å². The first-order valence-electron chi connectivity index (χ1n) is 5.04. The third kappa shape index (κ3) is 2.26. The summed E-state index contributed by atoms with van der Waals surface area (Å²) >= 11 is 3.21. The molecule has 2 aromatic carbocycles. The van der Waals surface area contributed by atoms with Gasteiger partial charge in [-0.3, -0.25) is 4.79 Å². The molecule has 0 saturated carbocycles. The molecule has 0 aliphatic rings. The van der Waals surface area contributed by atoms with E-state index in [1.54, 1.807) is 12.1 Å². The molecule has 0 spiro atoms. The molecule has 2 N–H and O–H groups in total. The van der Waals surface area contributed by atoms with Gasteiger partial charge in [0.05, 0.1) is 11.3 Å². The van der Waals surface area contributed by atoms with Crippen molar-refractivity contribution in [2.24, 2.45) is 0 Å². The SMILES string of the molecule is Nc1ccc(F)c(C(=O)c2ccc(Br)cc2)c1F. The van der Waals surface area contributed by atoms with E-state index in [1.807, 2.05) is 0 Å². The minimum atomic E-state index is -1.03. The summed E-state index contributed by atoms with van der Waals surface area (Å²) in [5.74, 6) is -2.68. The van der Waals surface area contributed by atoms with Crippen molar-refractivity contribution in [1.29, 1.82) is 0 Å². The molecule has 0 aliphatic heterocycles. The van der Waals surface area contributed by atoms with Gasteiger partial charge in [0.1, 0.15) is 5.82 Å². The molecule has 2 rings (SSSR count). The Balaban J connectivity index is 2.52. The van der Waals surface area contributed by atoms with Gasteiger partial charge in [-0.2, -0.15) is 0 Å². The van der Waals surface area contributed by atoms with Crippen LogP contribution in [0.2, 0.25) is 0 Å². The molecule has 2 aromatic rings. The number of anilines is 1. The number of halogens is 3. The second-order valence-corrected chi connectivity index (χ2v) is 4.58. The van der Waals surface area contributed by atoms with Crippen LogP contribution in [0.3, 0.4) is 0 Å². The summed E-state index contributed by atoms with van der Waals surface area (Å²) in [4.78, 5) is 12.0. The third-order valence-corrected chi connectivity index (χ3v) is 2.98. The van der Waals surface area contributed by atoms with E-state index in [0.717, 1.165) is 16.6 Å². The molecule has 0 aromatic heterocycles. The molecule has 2 nitrogen and oxygen atoms in total. The Morgan fingerprint density at radius 2 is 1.67 bits per heavy atom. The average Bonchev–Trinajstić information content (AvgIpc) is 2.35. The second-order valence-electron chi connectivity index (χ2n) is 3.66. The highest BCUT2D eigenvalue weighted by Gasteiger charge is 2.20. The van der Waals surface area contributed by atoms with Gasteiger partial charge in [-0.25, -0.2) is 8.78 Å². The summed E-state index contributed by atoms with van der Waals surface area (Å²) < 4.78 is 28.0. The number of hydrogen-bond donors (Lipinski definition) is 1. The Bertz CT molecular complexity index is 611. The van der Waals surface area contributed by atoms with Crippen molar-refractivity contribution >= 4 is 27.4 Å². The first-order valence-corrected chi connectivity index (χ1v) is 5.83. The van der Waals surface area contributed by atoms with E-state index in [4.69, 9.17) is 5.73 Å². The molecule has 0 amide bonds. The fraction of sp³-hybridized carbons (Fsp3) is 0. The van der Waals surface area contributed by atoms with Gasteiger partial charge < -0.3 is 5.73 Å². The number of hydrogen-bond acceptors (Lipinski definition) is 2. The number of rotatable bonds is 2. The molecular formula is C13H8BrF2NO. The Hall–Kier alpha value is -1.75. The summed E-state index contributed by atoms with van der Waals surface area (Å²) in [6.07, 6.45) is 0. The lowest BCUT2D eigenvalue weighted by atomic mass is 10.0. The Morgan fingerprint density at radius 3 is 2.28 bits per heavy atom. The summed E-state index contributed by atoms with van der Waals surface area (Å²) in [7, 11) is 0. The van der Waals surface area contributed by atoms with E-state index >= 15 is 0 Å². The van der Waals surface area contributed by atoms with Gasteiger partial charge >= 0.3 is 0 Å². The van der Waals surface area contributed by atoms with Crippen LogP contribution in [0.1, 0.15) is 15.9 Å². The number of benzene rings is 2. The van der Waals surface area contributed by atoms with Gasteiger partial charge in [0.15, 0.2) is 11.6 Å². The highest BCUT2D eigenvalue weighted by molar-refractivity contribution is 9.10. The molecule has 0 radical (unpaired) electrons. The van der Waals surface area contributed by atoms with Crippen molar-refractivity contribution in [3.8, 4) is 0 Å². The average molecular weight is 312 g/mol. The molecule has 0 saturated heterocycles. The Labute approximate surface area is 111 Å². The van der Waals surface area contributed by atoms with Gasteiger partial charge in [0.2, 0.25) is 0 Å². The van der Waals surface area contributed by atoms with E-state index < -0.39 is 23.0 Å². The lowest BCUT2D eigenvalue weighted by Crippen LogP contribution is -2.09. The molecule has 0 aliphatic carbocycles. The zero-order valence-electron chi connectivity index (χ0n) is 9.08. The summed E-state index contributed by atoms with van der Waals surface area (Å²) in [5.41, 5.74) is 4.64. The van der Waals surface area contributed by atoms with Crippen LogP contribution in [0, 0.1) is 11.6 Å². The molecule has 0 heterocycles. The molecule has 18 heavy (non-hydrogen) atoms. The van der Waals surface area contributed by atoms with E-state index in [2.05, 4.69) is 15.9 Å². The Kier molecular flexibility index (Phi) is 3.43. The Morgan fingerprint density at radius 1 is 1.06 bits per heavy atom. The van der Waals surface area contributed by atoms with Crippen molar-refractivity contribution in [3.05, 3.63) is 63.6 Å². The van der Waals surface area contributed by atoms with E-state index in [1.165, 1.54) is 12.1 Å². The molecular weight excluding hydrogens is 304 g/mol. The monoisotopic (exact) mass is 311 g/mol. The largest absolute Gasteiger partial charge is 0.396 e. The quantitative estimate of drug-likeness (QED) is 0.681. The van der Waals surface area contributed by atoms with Crippen molar-refractivity contribution in [1.82, 2.24) is 0 Å². The van der Waals surface area contributed by atoms with Crippen molar-refractivity contribution in [2.45, 2.75) is 0 Å². The van der Waals surface area contributed by atoms with Crippen LogP contribution in [-0.2, 0) is 0 Å². The van der Waals surface area contributed by atoms with Crippen LogP contribution >= 0.6 is 15.9 Å². The van der Waals surface area contributed by atoms with Crippen molar-refractivity contribution in [3.63, 3.8) is 0 Å². The number of carbonyl (C=O) groups excluding carboxylic acids is 1. The van der Waals surface area contributed by atoms with Crippen molar-refractivity contribution < 1.29 is 13.6 Å². The minimum absolute atomic E-state index is 0.196. The van der Waals surface area contributed by atoms with Crippen LogP contribution < -0.4 is 5.73 Å². The molecule has 0 atom stereocenters. The predicted molar refractivity (Wildman–Crippen MR) is 68.3 cm³/mol. The van der Waals surface area contributed by atoms with Crippen molar-refractivity contribution in [2.75, 3.05) is 5.73 Å². The molecule has 5 heteroatoms. The van der Waals surface area contributed by atoms with Crippen LogP contribution in [0.15, 0.2) is 40.9 Å². The highest BCUT2D eigenvalue weighted by Crippen LogP contribution is 2.22. The van der Waals surface area contributed by atoms with Crippen LogP contribution in [0.25, 0.3) is 0 Å². The van der Waals surface area contributed by atoms with Crippen LogP contribution in [0.5, 0.6) is 0 Å². The number of carbonyl (C=O) groups is 1. The zero-order valence-corrected chi connectivity index (χ0v) is 10.7. The van der Waals surface area contributed by atoms with Crippen LogP contribution in [0.4, 0.5) is 14.5 Å². The topological polar surface area (TPSA) is 43.1 Å². The zero-order chi connectivity index (χ0) is 13.3. The van der Waals surface area contributed by atoms with E-state index in [9.17, 15) is 13.6 Å². The van der Waals surface area contributed by atoms with E-state index in [-0.39, 0.29) is 11.3 Å². The second kappa shape index (κ2) is 4.86. The molecule has 0 fully saturated rings. The normalized spacial score (nSPS) is 10.4. The molecule has 0 unspecified atom stereocenters. The summed E-state index contributed by atoms with van der Waals surface area (Å²) in [6.45, 7) is 0. The third-order valence-electron chi connectivity index (χ3n) is 2.45. The van der Waals surface area contributed by atoms with Gasteiger partial charge in [-0.1, -0.05) is 15.9 Å². The first kappa shape index (κ1) is 12.7. The lowest BCUT2D eigenvalue weighted by molar-refractivity contribution is 0.103. The number of ketones is 1. The predicted octanol–water partition coefficient (Wildman–Crippen LogP) is 3.54. The first-order chi connectivity index (χ1) is 8.50. The van der Waals surface area contributed by atoms with Gasteiger partial charge in [-0.05, 0) is 36.4 Å². The fourth-order valence-corrected chi connectivity index (χ4v) is 1.79. The van der Waals surface area contributed by atoms with Gasteiger partial charge in [-0.15, -0.1) is 0 Å². The summed E-state index contributed by atoms with van der Waals surface area (Å²) in [6, 6.07) is 8.27. The number of nitrogen functional groups attached to an aromatic ring is 1. The fourth-order valence-electron chi connectivity index (χ4n) is 1.52. The summed E-state index contributed by atoms with van der Waals surface area (Å²) in [5, 5.41) is 0. The molecule has 92 valence electrons. The molecule has 0 bridgehead atoms. The van der Waals surface area contributed by atoms with Gasteiger partial charge in [0, 0.05) is 10.0 Å². The lowest BCUT2D eigenvalue weighted by Gasteiger charge is -2.06. The smallest absolute Gasteiger partial charge is 0.199 e. The maximum absolute atomic E-state index is 13.7. The van der Waals surface area contributed by atoms with Crippen LogP contribution in [-0.4, -0.2) is 5.78 Å². The maximum atomic E-state index is 13.7. The standard InChI is InChI=1S/C13H8BrF2NO/c14-8-3-1-7(2-4-8)13(18)11-9(15)5-6-10(17)12(11)16/h1-6H,17H2. The maximum Gasteiger partial charge on any atom is 0.199 e.